The maximum absolute atomic E-state index is 11.5. The van der Waals surface area contributed by atoms with E-state index in [-0.39, 0.29) is 12.3 Å². The monoisotopic (exact) mass is 275 g/mol. The number of nitrogens with one attached hydrogen (secondary N) is 1. The first kappa shape index (κ1) is 11.8. The first-order valence-corrected chi connectivity index (χ1v) is 5.05. The Balaban J connectivity index is 2.56. The summed E-state index contributed by atoms with van der Waals surface area (Å²) in [6, 6.07) is 1.09. The summed E-state index contributed by atoms with van der Waals surface area (Å²) in [6.45, 7) is 1.63. The minimum Gasteiger partial charge on any atom is -0.481 e. The molecule has 0 spiro atoms. The summed E-state index contributed by atoms with van der Waals surface area (Å²) in [4.78, 5) is 21.9. The topological polar surface area (TPSA) is 79.5 Å². The third-order valence-electron chi connectivity index (χ3n) is 1.72. The van der Waals surface area contributed by atoms with Crippen LogP contribution in [0.4, 0.5) is 0 Å². The van der Waals surface area contributed by atoms with Crippen LogP contribution in [0.1, 0.15) is 23.7 Å². The van der Waals surface area contributed by atoms with Crippen molar-refractivity contribution in [1.82, 2.24) is 5.32 Å². The summed E-state index contributed by atoms with van der Waals surface area (Å²) >= 11 is 3.06. The number of amides is 1. The van der Waals surface area contributed by atoms with Gasteiger partial charge in [0.25, 0.3) is 5.91 Å². The van der Waals surface area contributed by atoms with Crippen molar-refractivity contribution in [3.63, 3.8) is 0 Å². The van der Waals surface area contributed by atoms with Crippen LogP contribution in [0.25, 0.3) is 0 Å². The van der Waals surface area contributed by atoms with Crippen molar-refractivity contribution in [2.75, 3.05) is 0 Å². The fourth-order valence-electron chi connectivity index (χ4n) is 1.07. The van der Waals surface area contributed by atoms with Gasteiger partial charge in [0.05, 0.1) is 18.2 Å². The molecule has 0 radical (unpaired) electrons. The Kier molecular flexibility index (Phi) is 3.90. The van der Waals surface area contributed by atoms with E-state index >= 15 is 0 Å². The molecule has 1 aromatic rings. The van der Waals surface area contributed by atoms with Crippen LogP contribution in [0.2, 0.25) is 0 Å². The van der Waals surface area contributed by atoms with Gasteiger partial charge >= 0.3 is 5.97 Å². The second-order valence-corrected chi connectivity index (χ2v) is 3.80. The van der Waals surface area contributed by atoms with Crippen molar-refractivity contribution in [2.45, 2.75) is 19.4 Å². The van der Waals surface area contributed by atoms with E-state index in [2.05, 4.69) is 21.2 Å². The lowest BCUT2D eigenvalue weighted by atomic mass is 10.2. The molecule has 1 unspecified atom stereocenters. The molecule has 0 saturated carbocycles. The van der Waals surface area contributed by atoms with Gasteiger partial charge in [0.15, 0.2) is 4.67 Å². The number of rotatable bonds is 4. The molecule has 0 aliphatic carbocycles. The van der Waals surface area contributed by atoms with Crippen LogP contribution in [0.5, 0.6) is 0 Å². The number of halogens is 1. The van der Waals surface area contributed by atoms with Crippen LogP contribution < -0.4 is 5.32 Å². The van der Waals surface area contributed by atoms with E-state index in [0.29, 0.717) is 10.2 Å². The average molecular weight is 276 g/mol. The molecule has 1 rings (SSSR count). The summed E-state index contributed by atoms with van der Waals surface area (Å²) in [7, 11) is 0. The summed E-state index contributed by atoms with van der Waals surface area (Å²) in [5.74, 6) is -1.31. The molecule has 1 aromatic heterocycles. The average Bonchev–Trinajstić information content (AvgIpc) is 2.49. The Labute approximate surface area is 94.6 Å². The van der Waals surface area contributed by atoms with E-state index in [1.165, 1.54) is 12.3 Å². The van der Waals surface area contributed by atoms with E-state index in [9.17, 15) is 9.59 Å². The number of carbonyl (C=O) groups excluding carboxylic acids is 1. The highest BCUT2D eigenvalue weighted by molar-refractivity contribution is 9.10. The minimum absolute atomic E-state index is 0.110. The number of carbonyl (C=O) groups is 2. The lowest BCUT2D eigenvalue weighted by Crippen LogP contribution is -2.34. The van der Waals surface area contributed by atoms with Gasteiger partial charge in [-0.3, -0.25) is 9.59 Å². The second-order valence-electron chi connectivity index (χ2n) is 3.08. The van der Waals surface area contributed by atoms with E-state index in [4.69, 9.17) is 9.52 Å². The van der Waals surface area contributed by atoms with Gasteiger partial charge in [0, 0.05) is 6.04 Å². The zero-order valence-electron chi connectivity index (χ0n) is 7.99. The van der Waals surface area contributed by atoms with Gasteiger partial charge in [-0.1, -0.05) is 0 Å². The highest BCUT2D eigenvalue weighted by Crippen LogP contribution is 2.17. The summed E-state index contributed by atoms with van der Waals surface area (Å²) in [6.07, 6.45) is 1.27. The molecular formula is C9H10BrNO4. The second kappa shape index (κ2) is 4.97. The Morgan fingerprint density at radius 2 is 2.33 bits per heavy atom. The predicted molar refractivity (Wildman–Crippen MR) is 55.6 cm³/mol. The number of carboxylic acids is 1. The molecule has 15 heavy (non-hydrogen) atoms. The van der Waals surface area contributed by atoms with Gasteiger partial charge in [-0.25, -0.2) is 0 Å². The SMILES string of the molecule is CC(CC(=O)O)NC(=O)c1ccoc1Br. The van der Waals surface area contributed by atoms with Gasteiger partial charge < -0.3 is 14.8 Å². The molecule has 2 N–H and O–H groups in total. The van der Waals surface area contributed by atoms with E-state index in [0.717, 1.165) is 0 Å². The van der Waals surface area contributed by atoms with Crippen molar-refractivity contribution >= 4 is 27.8 Å². The largest absolute Gasteiger partial charge is 0.481 e. The Bertz CT molecular complexity index is 374. The first-order chi connectivity index (χ1) is 7.00. The minimum atomic E-state index is -0.950. The number of hydrogen-bond acceptors (Lipinski definition) is 3. The molecule has 5 nitrogen and oxygen atoms in total. The molecule has 1 atom stereocenters. The number of hydrogen-bond donors (Lipinski definition) is 2. The quantitative estimate of drug-likeness (QED) is 0.876. The third-order valence-corrected chi connectivity index (χ3v) is 2.33. The summed E-state index contributed by atoms with van der Waals surface area (Å²) in [5.41, 5.74) is 0.354. The molecular weight excluding hydrogens is 266 g/mol. The number of carboxylic acid groups (broad SMARTS) is 1. The lowest BCUT2D eigenvalue weighted by Gasteiger charge is -2.10. The molecule has 1 heterocycles. The zero-order valence-corrected chi connectivity index (χ0v) is 9.58. The van der Waals surface area contributed by atoms with Crippen LogP contribution in [0.3, 0.4) is 0 Å². The Morgan fingerprint density at radius 3 is 2.80 bits per heavy atom. The molecule has 0 aliphatic rings. The van der Waals surface area contributed by atoms with Crippen LogP contribution in [-0.2, 0) is 4.79 Å². The van der Waals surface area contributed by atoms with Crippen molar-refractivity contribution in [1.29, 1.82) is 0 Å². The molecule has 0 bridgehead atoms. The van der Waals surface area contributed by atoms with Crippen molar-refractivity contribution in [3.05, 3.63) is 22.6 Å². The smallest absolute Gasteiger partial charge is 0.305 e. The van der Waals surface area contributed by atoms with E-state index in [1.807, 2.05) is 0 Å². The van der Waals surface area contributed by atoms with E-state index < -0.39 is 12.0 Å². The Hall–Kier alpha value is -1.30. The molecule has 0 fully saturated rings. The normalized spacial score (nSPS) is 12.1. The lowest BCUT2D eigenvalue weighted by molar-refractivity contribution is -0.137. The standard InChI is InChI=1S/C9H10BrNO4/c1-5(4-7(12)13)11-9(14)6-2-3-15-8(6)10/h2-3,5H,4H2,1H3,(H,11,14)(H,12,13). The van der Waals surface area contributed by atoms with Crippen LogP contribution in [0, 0.1) is 0 Å². The highest BCUT2D eigenvalue weighted by atomic mass is 79.9. The molecule has 0 saturated heterocycles. The van der Waals surface area contributed by atoms with Crippen LogP contribution >= 0.6 is 15.9 Å². The number of furan rings is 1. The third kappa shape index (κ3) is 3.39. The predicted octanol–water partition coefficient (Wildman–Crippen LogP) is 1.64. The van der Waals surface area contributed by atoms with Gasteiger partial charge in [0.2, 0.25) is 0 Å². The van der Waals surface area contributed by atoms with E-state index in [1.54, 1.807) is 6.92 Å². The zero-order chi connectivity index (χ0) is 11.4. The molecule has 6 heteroatoms. The van der Waals surface area contributed by atoms with Crippen molar-refractivity contribution < 1.29 is 19.1 Å². The molecule has 0 aromatic carbocycles. The summed E-state index contributed by atoms with van der Waals surface area (Å²) in [5, 5.41) is 11.0. The Morgan fingerprint density at radius 1 is 1.67 bits per heavy atom. The molecule has 1 amide bonds. The maximum Gasteiger partial charge on any atom is 0.305 e. The first-order valence-electron chi connectivity index (χ1n) is 4.26. The fraction of sp³-hybridized carbons (Fsp3) is 0.333. The van der Waals surface area contributed by atoms with Crippen molar-refractivity contribution in [3.8, 4) is 0 Å². The maximum atomic E-state index is 11.5. The van der Waals surface area contributed by atoms with Crippen molar-refractivity contribution in [2.24, 2.45) is 0 Å². The van der Waals surface area contributed by atoms with Gasteiger partial charge in [0.1, 0.15) is 0 Å². The fourth-order valence-corrected chi connectivity index (χ4v) is 1.49. The van der Waals surface area contributed by atoms with Gasteiger partial charge in [-0.2, -0.15) is 0 Å². The number of aliphatic carboxylic acids is 1. The van der Waals surface area contributed by atoms with Crippen LogP contribution in [-0.4, -0.2) is 23.0 Å². The van der Waals surface area contributed by atoms with Gasteiger partial charge in [-0.05, 0) is 28.9 Å². The molecule has 0 aliphatic heterocycles. The van der Waals surface area contributed by atoms with Crippen LogP contribution in [0.15, 0.2) is 21.4 Å². The molecule has 82 valence electrons. The highest BCUT2D eigenvalue weighted by Gasteiger charge is 2.16. The summed E-state index contributed by atoms with van der Waals surface area (Å²) < 4.78 is 5.22. The van der Waals surface area contributed by atoms with Gasteiger partial charge in [-0.15, -0.1) is 0 Å².